The maximum absolute atomic E-state index is 13.8. The number of carbonyl (C=O) groups is 1. The molecule has 1 aromatic rings. The summed E-state index contributed by atoms with van der Waals surface area (Å²) in [5.74, 6) is -3.08. The van der Waals surface area contributed by atoms with E-state index in [1.807, 2.05) is 19.9 Å². The SMILES string of the molecule is CCn1ncc([C@@H]2[C@H](C#N)[C@H](N)O[C@@H]3CC(C)(C)CC(=O)[C@H]23)c1C(F)(F)F. The molecule has 1 saturated carbocycles. The molecule has 2 aliphatic rings. The second-order valence-electron chi connectivity index (χ2n) is 8.12. The molecule has 2 heterocycles. The third kappa shape index (κ3) is 3.36. The van der Waals surface area contributed by atoms with Gasteiger partial charge in [0.2, 0.25) is 0 Å². The van der Waals surface area contributed by atoms with Crippen molar-refractivity contribution < 1.29 is 22.7 Å². The van der Waals surface area contributed by atoms with Crippen molar-refractivity contribution in [3.63, 3.8) is 0 Å². The normalized spacial score (nSPS) is 33.4. The molecule has 6 nitrogen and oxygen atoms in total. The fourth-order valence-corrected chi connectivity index (χ4v) is 4.55. The van der Waals surface area contributed by atoms with E-state index in [1.54, 1.807) is 6.92 Å². The number of nitriles is 1. The van der Waals surface area contributed by atoms with Gasteiger partial charge in [-0.2, -0.15) is 23.5 Å². The summed E-state index contributed by atoms with van der Waals surface area (Å²) in [6, 6.07) is 1.98. The van der Waals surface area contributed by atoms with Crippen LogP contribution in [0.2, 0.25) is 0 Å². The minimum Gasteiger partial charge on any atom is -0.358 e. The van der Waals surface area contributed by atoms with Crippen LogP contribution in [0, 0.1) is 28.6 Å². The van der Waals surface area contributed by atoms with Crippen molar-refractivity contribution in [1.29, 1.82) is 5.26 Å². The number of hydrogen-bond acceptors (Lipinski definition) is 5. The number of aromatic nitrogens is 2. The zero-order chi connectivity index (χ0) is 20.1. The van der Waals surface area contributed by atoms with Crippen molar-refractivity contribution in [2.45, 2.75) is 64.6 Å². The molecule has 0 radical (unpaired) electrons. The van der Waals surface area contributed by atoms with Crippen LogP contribution >= 0.6 is 0 Å². The Bertz CT molecular complexity index is 781. The van der Waals surface area contributed by atoms with Gasteiger partial charge in [-0.3, -0.25) is 9.48 Å². The lowest BCUT2D eigenvalue weighted by atomic mass is 9.61. The summed E-state index contributed by atoms with van der Waals surface area (Å²) in [6.07, 6.45) is -4.48. The predicted octanol–water partition coefficient (Wildman–Crippen LogP) is 2.83. The van der Waals surface area contributed by atoms with Gasteiger partial charge in [0.1, 0.15) is 17.7 Å². The maximum atomic E-state index is 13.8. The van der Waals surface area contributed by atoms with Crippen LogP contribution < -0.4 is 5.73 Å². The van der Waals surface area contributed by atoms with E-state index in [0.29, 0.717) is 6.42 Å². The van der Waals surface area contributed by atoms with E-state index in [9.17, 15) is 23.2 Å². The van der Waals surface area contributed by atoms with Crippen LogP contribution in [0.25, 0.3) is 0 Å². The standard InChI is InChI=1S/C18H23F3N4O2/c1-4-25-15(18(19,20)21)10(8-24-25)13-9(7-22)16(23)27-12-6-17(2,3)5-11(26)14(12)13/h8-9,12-14,16H,4-6,23H2,1-3H3/t9-,12+,13-,14-,16+/m0/s1. The van der Waals surface area contributed by atoms with Crippen LogP contribution in [-0.4, -0.2) is 27.9 Å². The third-order valence-electron chi connectivity index (χ3n) is 5.58. The molecule has 9 heteroatoms. The Morgan fingerprint density at radius 2 is 2.11 bits per heavy atom. The number of alkyl halides is 3. The highest BCUT2D eigenvalue weighted by Gasteiger charge is 2.55. The van der Waals surface area contributed by atoms with Gasteiger partial charge in [-0.1, -0.05) is 13.8 Å². The number of Topliss-reactive ketones (excluding diaryl/α,β-unsaturated/α-hetero) is 1. The Labute approximate surface area is 155 Å². The summed E-state index contributed by atoms with van der Waals surface area (Å²) in [4.78, 5) is 12.9. The number of ketones is 1. The quantitative estimate of drug-likeness (QED) is 0.846. The zero-order valence-corrected chi connectivity index (χ0v) is 15.5. The number of carbonyl (C=O) groups excluding carboxylic acids is 1. The van der Waals surface area contributed by atoms with Crippen LogP contribution in [0.15, 0.2) is 6.20 Å². The number of nitrogens with two attached hydrogens (primary N) is 1. The Morgan fingerprint density at radius 1 is 1.44 bits per heavy atom. The topological polar surface area (TPSA) is 93.9 Å². The summed E-state index contributed by atoms with van der Waals surface area (Å²) in [6.45, 7) is 5.41. The van der Waals surface area contributed by atoms with E-state index in [4.69, 9.17) is 10.5 Å². The van der Waals surface area contributed by atoms with Gasteiger partial charge in [-0.05, 0) is 18.8 Å². The number of ether oxygens (including phenoxy) is 1. The number of halogens is 3. The number of fused-ring (bicyclic) bond motifs is 1. The van der Waals surface area contributed by atoms with E-state index < -0.39 is 42.0 Å². The first-order chi connectivity index (χ1) is 12.5. The van der Waals surface area contributed by atoms with Crippen molar-refractivity contribution in [1.82, 2.24) is 9.78 Å². The molecule has 2 fully saturated rings. The van der Waals surface area contributed by atoms with E-state index >= 15 is 0 Å². The zero-order valence-electron chi connectivity index (χ0n) is 15.5. The van der Waals surface area contributed by atoms with Crippen molar-refractivity contribution in [2.75, 3.05) is 0 Å². The molecule has 27 heavy (non-hydrogen) atoms. The molecule has 1 aliphatic carbocycles. The van der Waals surface area contributed by atoms with Gasteiger partial charge in [-0.15, -0.1) is 0 Å². The molecule has 3 rings (SSSR count). The lowest BCUT2D eigenvalue weighted by Crippen LogP contribution is -2.56. The highest BCUT2D eigenvalue weighted by molar-refractivity contribution is 5.84. The molecule has 0 spiro atoms. The average Bonchev–Trinajstić information content (AvgIpc) is 2.96. The van der Waals surface area contributed by atoms with Crippen molar-refractivity contribution in [3.05, 3.63) is 17.5 Å². The molecule has 2 N–H and O–H groups in total. The highest BCUT2D eigenvalue weighted by Crippen LogP contribution is 2.51. The van der Waals surface area contributed by atoms with E-state index in [0.717, 1.165) is 10.9 Å². The Balaban J connectivity index is 2.15. The summed E-state index contributed by atoms with van der Waals surface area (Å²) < 4.78 is 47.9. The van der Waals surface area contributed by atoms with Crippen LogP contribution in [0.3, 0.4) is 0 Å². The first-order valence-corrected chi connectivity index (χ1v) is 8.96. The van der Waals surface area contributed by atoms with Gasteiger partial charge in [0.15, 0.2) is 0 Å². The smallest absolute Gasteiger partial charge is 0.358 e. The maximum Gasteiger partial charge on any atom is 0.433 e. The molecule has 0 unspecified atom stereocenters. The Kier molecular flexibility index (Phi) is 4.85. The monoisotopic (exact) mass is 384 g/mol. The molecule has 0 bridgehead atoms. The summed E-state index contributed by atoms with van der Waals surface area (Å²) in [5.41, 5.74) is 4.60. The van der Waals surface area contributed by atoms with Gasteiger partial charge >= 0.3 is 6.18 Å². The Morgan fingerprint density at radius 3 is 2.67 bits per heavy atom. The fraction of sp³-hybridized carbons (Fsp3) is 0.722. The lowest BCUT2D eigenvalue weighted by molar-refractivity contribution is -0.166. The van der Waals surface area contributed by atoms with Gasteiger partial charge in [-0.25, -0.2) is 0 Å². The molecule has 0 amide bonds. The number of hydrogen-bond donors (Lipinski definition) is 1. The second kappa shape index (κ2) is 6.60. The molecule has 1 aliphatic heterocycles. The van der Waals surface area contributed by atoms with Crippen LogP contribution in [0.4, 0.5) is 13.2 Å². The molecular weight excluding hydrogens is 361 g/mol. The molecule has 148 valence electrons. The molecule has 0 aromatic carbocycles. The number of aryl methyl sites for hydroxylation is 1. The van der Waals surface area contributed by atoms with Crippen LogP contribution in [0.1, 0.15) is 50.8 Å². The lowest BCUT2D eigenvalue weighted by Gasteiger charge is -2.49. The first kappa shape index (κ1) is 19.8. The van der Waals surface area contributed by atoms with E-state index in [-0.39, 0.29) is 29.7 Å². The second-order valence-corrected chi connectivity index (χ2v) is 8.12. The molecule has 1 aromatic heterocycles. The number of rotatable bonds is 2. The van der Waals surface area contributed by atoms with Crippen molar-refractivity contribution in [3.8, 4) is 6.07 Å². The summed E-state index contributed by atoms with van der Waals surface area (Å²) in [7, 11) is 0. The van der Waals surface area contributed by atoms with Gasteiger partial charge in [0.05, 0.1) is 30.2 Å². The fourth-order valence-electron chi connectivity index (χ4n) is 4.55. The minimum absolute atomic E-state index is 0.0242. The van der Waals surface area contributed by atoms with Crippen LogP contribution in [-0.2, 0) is 22.3 Å². The average molecular weight is 384 g/mol. The van der Waals surface area contributed by atoms with Crippen molar-refractivity contribution in [2.24, 2.45) is 23.0 Å². The van der Waals surface area contributed by atoms with Crippen LogP contribution in [0.5, 0.6) is 0 Å². The summed E-state index contributed by atoms with van der Waals surface area (Å²) in [5, 5.41) is 13.5. The van der Waals surface area contributed by atoms with E-state index in [2.05, 4.69) is 5.10 Å². The third-order valence-corrected chi connectivity index (χ3v) is 5.58. The summed E-state index contributed by atoms with van der Waals surface area (Å²) >= 11 is 0. The Hall–Kier alpha value is -1.92. The highest BCUT2D eigenvalue weighted by atomic mass is 19.4. The molecule has 1 saturated heterocycles. The molecule has 5 atom stereocenters. The van der Waals surface area contributed by atoms with Gasteiger partial charge in [0, 0.05) is 24.4 Å². The molecular formula is C18H23F3N4O2. The number of nitrogens with zero attached hydrogens (tertiary/aromatic N) is 3. The predicted molar refractivity (Wildman–Crippen MR) is 89.1 cm³/mol. The minimum atomic E-state index is -4.66. The van der Waals surface area contributed by atoms with Gasteiger partial charge < -0.3 is 10.5 Å². The first-order valence-electron chi connectivity index (χ1n) is 8.96. The van der Waals surface area contributed by atoms with Crippen molar-refractivity contribution >= 4 is 5.78 Å². The van der Waals surface area contributed by atoms with E-state index in [1.165, 1.54) is 0 Å². The van der Waals surface area contributed by atoms with Gasteiger partial charge in [0.25, 0.3) is 0 Å². The largest absolute Gasteiger partial charge is 0.433 e.